The van der Waals surface area contributed by atoms with E-state index in [-0.39, 0.29) is 12.5 Å². The smallest absolute Gasteiger partial charge is 0.303 e. The van der Waals surface area contributed by atoms with Crippen LogP contribution in [0.3, 0.4) is 0 Å². The normalized spacial score (nSPS) is 17.1. The summed E-state index contributed by atoms with van der Waals surface area (Å²) >= 11 is 0. The van der Waals surface area contributed by atoms with Crippen molar-refractivity contribution in [2.24, 2.45) is 0 Å². The van der Waals surface area contributed by atoms with Crippen LogP contribution in [0.5, 0.6) is 5.75 Å². The minimum absolute atomic E-state index is 0.224. The van der Waals surface area contributed by atoms with Gasteiger partial charge in [0.05, 0.1) is 6.54 Å². The first-order valence-electron chi connectivity index (χ1n) is 9.48. The summed E-state index contributed by atoms with van der Waals surface area (Å²) in [5, 5.41) is 8.69. The molecule has 26 heavy (non-hydrogen) atoms. The van der Waals surface area contributed by atoms with Crippen LogP contribution in [0.2, 0.25) is 0 Å². The first-order chi connectivity index (χ1) is 12.7. The minimum atomic E-state index is -0.710. The average Bonchev–Trinajstić information content (AvgIpc) is 2.67. The third-order valence-electron chi connectivity index (χ3n) is 4.83. The Morgan fingerprint density at radius 1 is 1.08 bits per heavy atom. The number of aryl methyl sites for hydroxylation is 1. The highest BCUT2D eigenvalue weighted by Crippen LogP contribution is 2.24. The Morgan fingerprint density at radius 2 is 1.85 bits per heavy atom. The topological polar surface area (TPSA) is 49.8 Å². The van der Waals surface area contributed by atoms with E-state index in [2.05, 4.69) is 29.2 Å². The standard InChI is InChI=1S/C22H27NO3/c24-22(25)11-5-4-7-18-12-14-19(15-13-18)23-16-6-10-21(17-23)26-20-8-2-1-3-9-20/h1-3,8-9,12-15,21H,4-7,10-11,16-17H2,(H,24,25). The zero-order valence-corrected chi connectivity index (χ0v) is 15.1. The van der Waals surface area contributed by atoms with E-state index in [0.29, 0.717) is 0 Å². The van der Waals surface area contributed by atoms with Crippen LogP contribution >= 0.6 is 0 Å². The number of carbonyl (C=O) groups is 1. The summed E-state index contributed by atoms with van der Waals surface area (Å²) in [7, 11) is 0. The molecule has 2 aromatic carbocycles. The van der Waals surface area contributed by atoms with Crippen LogP contribution < -0.4 is 9.64 Å². The minimum Gasteiger partial charge on any atom is -0.489 e. The number of aliphatic carboxylic acids is 1. The van der Waals surface area contributed by atoms with Crippen molar-refractivity contribution in [2.45, 2.75) is 44.6 Å². The van der Waals surface area contributed by atoms with Crippen LogP contribution in [0.4, 0.5) is 5.69 Å². The molecule has 2 aromatic rings. The second-order valence-corrected chi connectivity index (χ2v) is 6.91. The van der Waals surface area contributed by atoms with Crippen molar-refractivity contribution in [3.63, 3.8) is 0 Å². The van der Waals surface area contributed by atoms with Crippen LogP contribution in [0.15, 0.2) is 54.6 Å². The SMILES string of the molecule is O=C(O)CCCCc1ccc(N2CCCC(Oc3ccccc3)C2)cc1. The summed E-state index contributed by atoms with van der Waals surface area (Å²) < 4.78 is 6.13. The molecule has 1 aliphatic rings. The molecular weight excluding hydrogens is 326 g/mol. The van der Waals surface area contributed by atoms with E-state index in [1.807, 2.05) is 30.3 Å². The molecule has 1 N–H and O–H groups in total. The van der Waals surface area contributed by atoms with E-state index in [4.69, 9.17) is 9.84 Å². The van der Waals surface area contributed by atoms with E-state index >= 15 is 0 Å². The molecule has 0 saturated carbocycles. The molecule has 1 unspecified atom stereocenters. The number of rotatable bonds is 8. The lowest BCUT2D eigenvalue weighted by Crippen LogP contribution is -2.41. The Labute approximate surface area is 155 Å². The third kappa shape index (κ3) is 5.51. The zero-order valence-electron chi connectivity index (χ0n) is 15.1. The van der Waals surface area contributed by atoms with Crippen molar-refractivity contribution in [1.29, 1.82) is 0 Å². The van der Waals surface area contributed by atoms with E-state index in [9.17, 15) is 4.79 Å². The Morgan fingerprint density at radius 3 is 2.58 bits per heavy atom. The van der Waals surface area contributed by atoms with Crippen molar-refractivity contribution in [1.82, 2.24) is 0 Å². The molecule has 1 atom stereocenters. The summed E-state index contributed by atoms with van der Waals surface area (Å²) in [5.41, 5.74) is 2.51. The van der Waals surface area contributed by atoms with E-state index in [1.165, 1.54) is 11.3 Å². The first kappa shape index (κ1) is 18.3. The largest absolute Gasteiger partial charge is 0.489 e. The second kappa shape index (κ2) is 9.27. The van der Waals surface area contributed by atoms with Gasteiger partial charge in [0.2, 0.25) is 0 Å². The lowest BCUT2D eigenvalue weighted by molar-refractivity contribution is -0.137. The Hall–Kier alpha value is -2.49. The molecule has 0 amide bonds. The molecule has 1 aliphatic heterocycles. The number of unbranched alkanes of at least 4 members (excludes halogenated alkanes) is 1. The fourth-order valence-corrected chi connectivity index (χ4v) is 3.44. The lowest BCUT2D eigenvalue weighted by Gasteiger charge is -2.34. The molecular formula is C22H27NO3. The Bertz CT molecular complexity index is 684. The van der Waals surface area contributed by atoms with Crippen LogP contribution in [0.25, 0.3) is 0 Å². The fraction of sp³-hybridized carbons (Fsp3) is 0.409. The number of para-hydroxylation sites is 1. The van der Waals surface area contributed by atoms with Gasteiger partial charge in [-0.3, -0.25) is 4.79 Å². The average molecular weight is 353 g/mol. The highest BCUT2D eigenvalue weighted by molar-refractivity contribution is 5.66. The molecule has 0 spiro atoms. The van der Waals surface area contributed by atoms with Gasteiger partial charge in [0, 0.05) is 18.7 Å². The number of hydrogen-bond donors (Lipinski definition) is 1. The second-order valence-electron chi connectivity index (χ2n) is 6.91. The zero-order chi connectivity index (χ0) is 18.2. The maximum atomic E-state index is 10.6. The molecule has 1 heterocycles. The number of carboxylic acid groups (broad SMARTS) is 1. The molecule has 0 bridgehead atoms. The van der Waals surface area contributed by atoms with Crippen LogP contribution in [-0.2, 0) is 11.2 Å². The van der Waals surface area contributed by atoms with Crippen LogP contribution in [-0.4, -0.2) is 30.3 Å². The van der Waals surface area contributed by atoms with Gasteiger partial charge in [-0.05, 0) is 61.9 Å². The van der Waals surface area contributed by atoms with Gasteiger partial charge in [-0.15, -0.1) is 0 Å². The number of carboxylic acids is 1. The lowest BCUT2D eigenvalue weighted by atomic mass is 10.0. The molecule has 4 heteroatoms. The molecule has 0 aliphatic carbocycles. The maximum Gasteiger partial charge on any atom is 0.303 e. The van der Waals surface area contributed by atoms with Crippen molar-refractivity contribution in [3.05, 3.63) is 60.2 Å². The summed E-state index contributed by atoms with van der Waals surface area (Å²) in [4.78, 5) is 13.0. The summed E-state index contributed by atoms with van der Waals surface area (Å²) in [6.07, 6.45) is 5.30. The predicted molar refractivity (Wildman–Crippen MR) is 104 cm³/mol. The van der Waals surface area contributed by atoms with Crippen molar-refractivity contribution < 1.29 is 14.6 Å². The summed E-state index contributed by atoms with van der Waals surface area (Å²) in [6, 6.07) is 18.7. The van der Waals surface area contributed by atoms with Gasteiger partial charge >= 0.3 is 5.97 Å². The third-order valence-corrected chi connectivity index (χ3v) is 4.83. The van der Waals surface area contributed by atoms with Gasteiger partial charge in [0.1, 0.15) is 11.9 Å². The van der Waals surface area contributed by atoms with E-state index < -0.39 is 5.97 Å². The van der Waals surface area contributed by atoms with Gasteiger partial charge in [-0.25, -0.2) is 0 Å². The summed E-state index contributed by atoms with van der Waals surface area (Å²) in [6.45, 7) is 1.97. The molecule has 3 rings (SSSR count). The Balaban J connectivity index is 1.51. The number of ether oxygens (including phenoxy) is 1. The number of nitrogens with zero attached hydrogens (tertiary/aromatic N) is 1. The van der Waals surface area contributed by atoms with E-state index in [1.54, 1.807) is 0 Å². The molecule has 1 saturated heterocycles. The van der Waals surface area contributed by atoms with Crippen molar-refractivity contribution in [2.75, 3.05) is 18.0 Å². The van der Waals surface area contributed by atoms with Gasteiger partial charge in [0.15, 0.2) is 0 Å². The monoisotopic (exact) mass is 353 g/mol. The maximum absolute atomic E-state index is 10.6. The first-order valence-corrected chi connectivity index (χ1v) is 9.48. The molecule has 4 nitrogen and oxygen atoms in total. The Kier molecular flexibility index (Phi) is 6.53. The number of piperidine rings is 1. The van der Waals surface area contributed by atoms with Gasteiger partial charge in [0.25, 0.3) is 0 Å². The van der Waals surface area contributed by atoms with E-state index in [0.717, 1.165) is 50.9 Å². The highest BCUT2D eigenvalue weighted by atomic mass is 16.5. The summed E-state index contributed by atoms with van der Waals surface area (Å²) in [5.74, 6) is 0.230. The fourth-order valence-electron chi connectivity index (χ4n) is 3.44. The predicted octanol–water partition coefficient (Wildman–Crippen LogP) is 4.53. The molecule has 0 radical (unpaired) electrons. The number of benzene rings is 2. The van der Waals surface area contributed by atoms with Gasteiger partial charge in [-0.1, -0.05) is 30.3 Å². The number of hydrogen-bond acceptors (Lipinski definition) is 3. The van der Waals surface area contributed by atoms with Crippen molar-refractivity contribution >= 4 is 11.7 Å². The van der Waals surface area contributed by atoms with Crippen LogP contribution in [0, 0.1) is 0 Å². The quantitative estimate of drug-likeness (QED) is 0.708. The molecule has 138 valence electrons. The van der Waals surface area contributed by atoms with Gasteiger partial charge < -0.3 is 14.7 Å². The van der Waals surface area contributed by atoms with Crippen molar-refractivity contribution in [3.8, 4) is 5.75 Å². The molecule has 0 aromatic heterocycles. The number of anilines is 1. The highest BCUT2D eigenvalue weighted by Gasteiger charge is 2.21. The van der Waals surface area contributed by atoms with Gasteiger partial charge in [-0.2, -0.15) is 0 Å². The van der Waals surface area contributed by atoms with Crippen LogP contribution in [0.1, 0.15) is 37.7 Å². The molecule has 1 fully saturated rings.